The molecule has 1 aliphatic rings. The van der Waals surface area contributed by atoms with Crippen molar-refractivity contribution in [2.45, 2.75) is 19.9 Å². The van der Waals surface area contributed by atoms with Crippen LogP contribution in [0, 0.1) is 0 Å². The van der Waals surface area contributed by atoms with Crippen LogP contribution < -0.4 is 5.32 Å². The van der Waals surface area contributed by atoms with Crippen LogP contribution in [-0.4, -0.2) is 39.1 Å². The third-order valence-electron chi connectivity index (χ3n) is 3.21. The quantitative estimate of drug-likeness (QED) is 0.832. The highest BCUT2D eigenvalue weighted by Crippen LogP contribution is 2.20. The number of esters is 1. The van der Waals surface area contributed by atoms with Gasteiger partial charge < -0.3 is 10.1 Å². The molecule has 3 heterocycles. The summed E-state index contributed by atoms with van der Waals surface area (Å²) < 4.78 is 5.10. The van der Waals surface area contributed by atoms with E-state index < -0.39 is 5.97 Å². The first-order valence-corrected chi connectivity index (χ1v) is 6.83. The summed E-state index contributed by atoms with van der Waals surface area (Å²) in [4.78, 5) is 29.0. The number of nitrogens with zero attached hydrogens (tertiary/aromatic N) is 4. The Labute approximate surface area is 121 Å². The lowest BCUT2D eigenvalue weighted by Gasteiger charge is -2.19. The number of aromatic nitrogens is 4. The highest BCUT2D eigenvalue weighted by atomic mass is 16.5. The average Bonchev–Trinajstić information content (AvgIpc) is 2.55. The van der Waals surface area contributed by atoms with E-state index in [4.69, 9.17) is 4.74 Å². The Bertz CT molecular complexity index is 660. The first-order chi connectivity index (χ1) is 10.3. The number of carbonyl (C=O) groups is 1. The van der Waals surface area contributed by atoms with Gasteiger partial charge in [-0.3, -0.25) is 0 Å². The molecule has 0 radical (unpaired) electrons. The predicted octanol–water partition coefficient (Wildman–Crippen LogP) is 0.756. The van der Waals surface area contributed by atoms with Crippen molar-refractivity contribution in [3.63, 3.8) is 0 Å². The Morgan fingerprint density at radius 3 is 3.10 bits per heavy atom. The van der Waals surface area contributed by atoms with Gasteiger partial charge in [-0.05, 0) is 13.0 Å². The summed E-state index contributed by atoms with van der Waals surface area (Å²) >= 11 is 0. The van der Waals surface area contributed by atoms with Crippen LogP contribution in [0.15, 0.2) is 18.6 Å². The van der Waals surface area contributed by atoms with Crippen LogP contribution in [0.5, 0.6) is 0 Å². The minimum Gasteiger partial charge on any atom is -0.461 e. The van der Waals surface area contributed by atoms with Crippen LogP contribution in [0.25, 0.3) is 11.5 Å². The van der Waals surface area contributed by atoms with Crippen molar-refractivity contribution in [3.8, 4) is 11.5 Å². The zero-order valence-electron chi connectivity index (χ0n) is 11.7. The van der Waals surface area contributed by atoms with Crippen LogP contribution in [0.2, 0.25) is 0 Å². The molecular formula is C14H15N5O2. The SMILES string of the molecule is CCOC(=O)c1nc(-c2ccncn2)nc2c1CNCC2. The van der Waals surface area contributed by atoms with E-state index in [0.717, 1.165) is 24.2 Å². The lowest BCUT2D eigenvalue weighted by Crippen LogP contribution is -2.28. The molecule has 0 saturated carbocycles. The van der Waals surface area contributed by atoms with Gasteiger partial charge in [0.15, 0.2) is 11.5 Å². The van der Waals surface area contributed by atoms with Gasteiger partial charge in [0.2, 0.25) is 0 Å². The molecule has 108 valence electrons. The van der Waals surface area contributed by atoms with E-state index in [-0.39, 0.29) is 0 Å². The van der Waals surface area contributed by atoms with Crippen molar-refractivity contribution in [1.29, 1.82) is 0 Å². The molecule has 21 heavy (non-hydrogen) atoms. The van der Waals surface area contributed by atoms with Gasteiger partial charge in [-0.15, -0.1) is 0 Å². The first kappa shape index (κ1) is 13.6. The third kappa shape index (κ3) is 2.73. The second-order valence-electron chi connectivity index (χ2n) is 4.56. The summed E-state index contributed by atoms with van der Waals surface area (Å²) in [5.74, 6) is 0.0104. The predicted molar refractivity (Wildman–Crippen MR) is 74.4 cm³/mol. The maximum absolute atomic E-state index is 12.1. The summed E-state index contributed by atoms with van der Waals surface area (Å²) in [6, 6.07) is 1.72. The highest BCUT2D eigenvalue weighted by Gasteiger charge is 2.23. The Hall–Kier alpha value is -2.41. The van der Waals surface area contributed by atoms with Gasteiger partial charge in [-0.25, -0.2) is 24.7 Å². The Kier molecular flexibility index (Phi) is 3.83. The topological polar surface area (TPSA) is 89.9 Å². The van der Waals surface area contributed by atoms with Crippen LogP contribution in [0.3, 0.4) is 0 Å². The average molecular weight is 285 g/mol. The maximum Gasteiger partial charge on any atom is 0.357 e. The normalized spacial score (nSPS) is 13.6. The molecule has 0 aromatic carbocycles. The number of hydrogen-bond acceptors (Lipinski definition) is 7. The monoisotopic (exact) mass is 285 g/mol. The summed E-state index contributed by atoms with van der Waals surface area (Å²) in [7, 11) is 0. The number of rotatable bonds is 3. The molecule has 0 spiro atoms. The Morgan fingerprint density at radius 1 is 1.43 bits per heavy atom. The molecule has 7 nitrogen and oxygen atoms in total. The molecule has 2 aromatic rings. The van der Waals surface area contributed by atoms with Gasteiger partial charge in [-0.2, -0.15) is 0 Å². The molecule has 0 amide bonds. The molecule has 1 N–H and O–H groups in total. The summed E-state index contributed by atoms with van der Waals surface area (Å²) in [6.45, 7) is 3.49. The number of fused-ring (bicyclic) bond motifs is 1. The second-order valence-corrected chi connectivity index (χ2v) is 4.56. The van der Waals surface area contributed by atoms with Crippen molar-refractivity contribution < 1.29 is 9.53 Å². The zero-order valence-corrected chi connectivity index (χ0v) is 11.7. The molecule has 7 heteroatoms. The van der Waals surface area contributed by atoms with E-state index in [0.29, 0.717) is 30.4 Å². The van der Waals surface area contributed by atoms with Gasteiger partial charge in [0.25, 0.3) is 0 Å². The van der Waals surface area contributed by atoms with Gasteiger partial charge in [0.05, 0.1) is 12.3 Å². The van der Waals surface area contributed by atoms with E-state index >= 15 is 0 Å². The molecule has 0 aliphatic carbocycles. The van der Waals surface area contributed by atoms with Gasteiger partial charge in [-0.1, -0.05) is 0 Å². The van der Waals surface area contributed by atoms with Gasteiger partial charge >= 0.3 is 5.97 Å². The fourth-order valence-corrected chi connectivity index (χ4v) is 2.25. The summed E-state index contributed by atoms with van der Waals surface area (Å²) in [5.41, 5.74) is 2.61. The number of hydrogen-bond donors (Lipinski definition) is 1. The molecule has 0 unspecified atom stereocenters. The number of ether oxygens (including phenoxy) is 1. The van der Waals surface area contributed by atoms with Crippen molar-refractivity contribution in [1.82, 2.24) is 25.3 Å². The summed E-state index contributed by atoms with van der Waals surface area (Å²) in [6.07, 6.45) is 3.81. The lowest BCUT2D eigenvalue weighted by molar-refractivity contribution is 0.0517. The van der Waals surface area contributed by atoms with Crippen LogP contribution in [0.4, 0.5) is 0 Å². The number of nitrogens with one attached hydrogen (secondary N) is 1. The smallest absolute Gasteiger partial charge is 0.357 e. The lowest BCUT2D eigenvalue weighted by atomic mass is 10.0. The van der Waals surface area contributed by atoms with Crippen molar-refractivity contribution >= 4 is 5.97 Å². The Morgan fingerprint density at radius 2 is 2.33 bits per heavy atom. The third-order valence-corrected chi connectivity index (χ3v) is 3.21. The van der Waals surface area contributed by atoms with Crippen molar-refractivity contribution in [2.24, 2.45) is 0 Å². The van der Waals surface area contributed by atoms with Crippen LogP contribution >= 0.6 is 0 Å². The Balaban J connectivity index is 2.11. The molecule has 3 rings (SSSR count). The van der Waals surface area contributed by atoms with E-state index in [1.165, 1.54) is 6.33 Å². The highest BCUT2D eigenvalue weighted by molar-refractivity contribution is 5.89. The standard InChI is InChI=1S/C14H15N5O2/c1-2-21-14(20)12-9-7-15-5-3-10(9)18-13(19-12)11-4-6-16-8-17-11/h4,6,8,15H,2-3,5,7H2,1H3. The van der Waals surface area contributed by atoms with E-state index in [2.05, 4.69) is 25.3 Å². The molecule has 0 fully saturated rings. The van der Waals surface area contributed by atoms with Crippen LogP contribution in [-0.2, 0) is 17.7 Å². The maximum atomic E-state index is 12.1. The molecular weight excluding hydrogens is 270 g/mol. The molecule has 0 saturated heterocycles. The zero-order chi connectivity index (χ0) is 14.7. The van der Waals surface area contributed by atoms with E-state index in [1.807, 2.05) is 0 Å². The molecule has 0 bridgehead atoms. The van der Waals surface area contributed by atoms with Crippen molar-refractivity contribution in [3.05, 3.63) is 35.5 Å². The van der Waals surface area contributed by atoms with E-state index in [1.54, 1.807) is 19.2 Å². The minimum absolute atomic E-state index is 0.313. The molecule has 0 atom stereocenters. The van der Waals surface area contributed by atoms with Gasteiger partial charge in [0.1, 0.15) is 12.0 Å². The first-order valence-electron chi connectivity index (χ1n) is 6.83. The largest absolute Gasteiger partial charge is 0.461 e. The fraction of sp³-hybridized carbons (Fsp3) is 0.357. The molecule has 1 aliphatic heterocycles. The summed E-state index contributed by atoms with van der Waals surface area (Å²) in [5, 5.41) is 3.22. The van der Waals surface area contributed by atoms with Crippen LogP contribution in [0.1, 0.15) is 28.7 Å². The minimum atomic E-state index is -0.421. The van der Waals surface area contributed by atoms with E-state index in [9.17, 15) is 4.79 Å². The molecule has 2 aromatic heterocycles. The fourth-order valence-electron chi connectivity index (χ4n) is 2.25. The van der Waals surface area contributed by atoms with Gasteiger partial charge in [0, 0.05) is 31.3 Å². The number of carbonyl (C=O) groups excluding carboxylic acids is 1. The van der Waals surface area contributed by atoms with Crippen molar-refractivity contribution in [2.75, 3.05) is 13.2 Å². The second kappa shape index (κ2) is 5.92.